The summed E-state index contributed by atoms with van der Waals surface area (Å²) in [6.45, 7) is 7.01. The van der Waals surface area contributed by atoms with Crippen molar-refractivity contribution >= 4 is 18.5 Å². The molecule has 6 nitrogen and oxygen atoms in total. The summed E-state index contributed by atoms with van der Waals surface area (Å²) < 4.78 is 1.84. The van der Waals surface area contributed by atoms with Crippen molar-refractivity contribution in [1.82, 2.24) is 25.9 Å². The fourth-order valence-electron chi connectivity index (χ4n) is 2.33. The third kappa shape index (κ3) is 2.28. The Labute approximate surface area is 129 Å². The van der Waals surface area contributed by atoms with Gasteiger partial charge in [0.25, 0.3) is 0 Å². The number of amidine groups is 1. The van der Waals surface area contributed by atoms with Gasteiger partial charge in [0.2, 0.25) is 0 Å². The first-order valence-electron chi connectivity index (χ1n) is 6.83. The lowest BCUT2D eigenvalue weighted by atomic mass is 10.1. The number of hydrazine groups is 2. The Morgan fingerprint density at radius 1 is 1.29 bits per heavy atom. The molecule has 2 aromatic rings. The van der Waals surface area contributed by atoms with E-state index >= 15 is 0 Å². The number of thiol groups is 1. The zero-order chi connectivity index (χ0) is 15.0. The van der Waals surface area contributed by atoms with Crippen LogP contribution < -0.4 is 11.1 Å². The topological polar surface area (TPSA) is 57.5 Å². The van der Waals surface area contributed by atoms with E-state index in [0.29, 0.717) is 0 Å². The summed E-state index contributed by atoms with van der Waals surface area (Å²) in [6, 6.07) is 6.17. The van der Waals surface area contributed by atoms with Crippen LogP contribution in [0.2, 0.25) is 0 Å². The van der Waals surface area contributed by atoms with Crippen LogP contribution >= 0.6 is 12.6 Å². The van der Waals surface area contributed by atoms with Crippen LogP contribution in [0.25, 0.3) is 5.69 Å². The minimum Gasteiger partial charge on any atom is -0.271 e. The summed E-state index contributed by atoms with van der Waals surface area (Å²) in [5.41, 5.74) is 10.1. The van der Waals surface area contributed by atoms with E-state index in [1.807, 2.05) is 28.7 Å². The molecule has 0 saturated carbocycles. The number of aryl methyl sites for hydroxylation is 1. The van der Waals surface area contributed by atoms with E-state index in [-0.39, 0.29) is 0 Å². The predicted molar refractivity (Wildman–Crippen MR) is 85.5 cm³/mol. The molecular formula is C14H18N6S. The molecular weight excluding hydrogens is 284 g/mol. The van der Waals surface area contributed by atoms with E-state index in [1.165, 1.54) is 11.1 Å². The van der Waals surface area contributed by atoms with Gasteiger partial charge in [-0.3, -0.25) is 5.01 Å². The third-order valence-corrected chi connectivity index (χ3v) is 4.14. The van der Waals surface area contributed by atoms with Crippen LogP contribution in [-0.4, -0.2) is 27.2 Å². The molecule has 1 aliphatic heterocycles. The minimum atomic E-state index is 0.770. The lowest BCUT2D eigenvalue weighted by Crippen LogP contribution is -2.40. The maximum absolute atomic E-state index is 4.65. The predicted octanol–water partition coefficient (Wildman–Crippen LogP) is 1.78. The second-order valence-corrected chi connectivity index (χ2v) is 5.34. The fraction of sp³-hybridized carbons (Fsp3) is 0.286. The highest BCUT2D eigenvalue weighted by atomic mass is 32.1. The van der Waals surface area contributed by atoms with Crippen molar-refractivity contribution in [3.63, 3.8) is 0 Å². The molecule has 1 aromatic heterocycles. The summed E-state index contributed by atoms with van der Waals surface area (Å²) in [4.78, 5) is 0. The van der Waals surface area contributed by atoms with Gasteiger partial charge in [-0.05, 0) is 38.0 Å². The standard InChI is InChI=1S/C14H18N6S/c1-4-19-13(16-17-18-19)11-8-15-20(14(11)21)12-7-5-6-9(2)10(12)3/h5-8,17-18,21H,4H2,1-3H3. The van der Waals surface area contributed by atoms with Crippen LogP contribution in [0.1, 0.15) is 23.6 Å². The van der Waals surface area contributed by atoms with Gasteiger partial charge in [0.15, 0.2) is 5.84 Å². The van der Waals surface area contributed by atoms with Gasteiger partial charge in [-0.15, -0.1) is 23.3 Å². The molecule has 110 valence electrons. The summed E-state index contributed by atoms with van der Waals surface area (Å²) in [5.74, 6) is 0.791. The van der Waals surface area contributed by atoms with Gasteiger partial charge in [-0.25, -0.2) is 10.2 Å². The number of rotatable bonds is 3. The van der Waals surface area contributed by atoms with Crippen LogP contribution in [0, 0.1) is 13.8 Å². The number of nitrogens with one attached hydrogen (secondary N) is 2. The summed E-state index contributed by atoms with van der Waals surface area (Å²) in [6.07, 6.45) is 1.79. The van der Waals surface area contributed by atoms with Crippen molar-refractivity contribution in [2.45, 2.75) is 25.8 Å². The average molecular weight is 302 g/mol. The van der Waals surface area contributed by atoms with Gasteiger partial charge in [0.05, 0.1) is 17.4 Å². The Bertz CT molecular complexity index is 705. The molecule has 21 heavy (non-hydrogen) atoms. The van der Waals surface area contributed by atoms with Crippen molar-refractivity contribution in [3.05, 3.63) is 41.1 Å². The van der Waals surface area contributed by atoms with Gasteiger partial charge < -0.3 is 0 Å². The van der Waals surface area contributed by atoms with Gasteiger partial charge in [0.1, 0.15) is 5.03 Å². The molecule has 2 heterocycles. The first-order valence-corrected chi connectivity index (χ1v) is 7.28. The van der Waals surface area contributed by atoms with E-state index in [4.69, 9.17) is 0 Å². The Morgan fingerprint density at radius 3 is 2.86 bits per heavy atom. The van der Waals surface area contributed by atoms with Gasteiger partial charge in [0, 0.05) is 6.54 Å². The lowest BCUT2D eigenvalue weighted by molar-refractivity contribution is 0.308. The molecule has 0 radical (unpaired) electrons. The molecule has 1 aromatic carbocycles. The van der Waals surface area contributed by atoms with E-state index in [0.717, 1.165) is 28.7 Å². The van der Waals surface area contributed by atoms with E-state index in [1.54, 1.807) is 6.20 Å². The van der Waals surface area contributed by atoms with Crippen molar-refractivity contribution in [3.8, 4) is 5.69 Å². The van der Waals surface area contributed by atoms with Crippen LogP contribution in [-0.2, 0) is 0 Å². The number of nitrogens with zero attached hydrogens (tertiary/aromatic N) is 4. The third-order valence-electron chi connectivity index (χ3n) is 3.71. The molecule has 0 saturated heterocycles. The lowest BCUT2D eigenvalue weighted by Gasteiger charge is -2.16. The molecule has 0 spiro atoms. The maximum atomic E-state index is 4.65. The van der Waals surface area contributed by atoms with Crippen LogP contribution in [0.4, 0.5) is 0 Å². The van der Waals surface area contributed by atoms with E-state index in [2.05, 4.69) is 53.8 Å². The summed E-state index contributed by atoms with van der Waals surface area (Å²) in [7, 11) is 0. The van der Waals surface area contributed by atoms with Crippen molar-refractivity contribution in [1.29, 1.82) is 0 Å². The van der Waals surface area contributed by atoms with Gasteiger partial charge >= 0.3 is 0 Å². The first kappa shape index (κ1) is 14.0. The molecule has 0 fully saturated rings. The number of aromatic nitrogens is 2. The largest absolute Gasteiger partial charge is 0.271 e. The van der Waals surface area contributed by atoms with Crippen LogP contribution in [0.15, 0.2) is 34.5 Å². The molecule has 3 rings (SSSR count). The van der Waals surface area contributed by atoms with Gasteiger partial charge in [-0.2, -0.15) is 5.10 Å². The molecule has 2 N–H and O–H groups in total. The number of hydrogen-bond acceptors (Lipinski definition) is 6. The van der Waals surface area contributed by atoms with Crippen LogP contribution in [0.5, 0.6) is 0 Å². The number of hydrogen-bond donors (Lipinski definition) is 3. The number of benzene rings is 1. The Balaban J connectivity index is 2.06. The second-order valence-electron chi connectivity index (χ2n) is 4.92. The van der Waals surface area contributed by atoms with Crippen molar-refractivity contribution < 1.29 is 0 Å². The Hall–Kier alpha value is -1.99. The quantitative estimate of drug-likeness (QED) is 0.757. The Morgan fingerprint density at radius 2 is 2.10 bits per heavy atom. The maximum Gasteiger partial charge on any atom is 0.177 e. The highest BCUT2D eigenvalue weighted by Crippen LogP contribution is 2.24. The van der Waals surface area contributed by atoms with E-state index in [9.17, 15) is 0 Å². The molecule has 0 bridgehead atoms. The number of hydrazone groups is 1. The molecule has 0 amide bonds. The zero-order valence-corrected chi connectivity index (χ0v) is 13.1. The smallest absolute Gasteiger partial charge is 0.177 e. The molecule has 0 atom stereocenters. The second kappa shape index (κ2) is 5.42. The summed E-state index contributed by atoms with van der Waals surface area (Å²) >= 11 is 4.65. The molecule has 0 unspecified atom stereocenters. The van der Waals surface area contributed by atoms with Gasteiger partial charge in [-0.1, -0.05) is 12.1 Å². The molecule has 7 heteroatoms. The monoisotopic (exact) mass is 302 g/mol. The normalized spacial score (nSPS) is 14.3. The van der Waals surface area contributed by atoms with E-state index < -0.39 is 0 Å². The molecule has 0 aliphatic carbocycles. The van der Waals surface area contributed by atoms with Crippen molar-refractivity contribution in [2.24, 2.45) is 5.10 Å². The highest BCUT2D eigenvalue weighted by Gasteiger charge is 2.22. The highest BCUT2D eigenvalue weighted by molar-refractivity contribution is 7.80. The minimum absolute atomic E-state index is 0.770. The zero-order valence-electron chi connectivity index (χ0n) is 12.3. The fourth-order valence-corrected chi connectivity index (χ4v) is 2.64. The van der Waals surface area contributed by atoms with Crippen LogP contribution in [0.3, 0.4) is 0 Å². The average Bonchev–Trinajstić information content (AvgIpc) is 3.08. The van der Waals surface area contributed by atoms with Crippen molar-refractivity contribution in [2.75, 3.05) is 6.54 Å². The SMILES string of the molecule is CCN1NNN=C1c1cnn(-c2cccc(C)c2C)c1S. The summed E-state index contributed by atoms with van der Waals surface area (Å²) in [5, 5.41) is 11.4. The molecule has 1 aliphatic rings. The first-order chi connectivity index (χ1) is 10.1. The Kier molecular flexibility index (Phi) is 3.60.